The molecule has 0 spiro atoms. The summed E-state index contributed by atoms with van der Waals surface area (Å²) in [5, 5.41) is 3.17. The first kappa shape index (κ1) is 14.7. The quantitative estimate of drug-likeness (QED) is 0.656. The van der Waals surface area contributed by atoms with Crippen LogP contribution in [0.2, 0.25) is 0 Å². The Morgan fingerprint density at radius 2 is 1.80 bits per heavy atom. The summed E-state index contributed by atoms with van der Waals surface area (Å²) >= 11 is 0. The third kappa shape index (κ3) is 4.44. The summed E-state index contributed by atoms with van der Waals surface area (Å²) in [6.45, 7) is 0.389. The van der Waals surface area contributed by atoms with Crippen LogP contribution >= 0.6 is 0 Å². The van der Waals surface area contributed by atoms with Crippen molar-refractivity contribution in [2.75, 3.05) is 24.2 Å². The standard InChI is InChI=1S/C16H25N3O/c1-19(15-10-8-13(17)9-11-15)12-16(20)18-14-6-4-2-3-5-7-14/h8-11,14H,2-7,12,17H2,1H3,(H,18,20). The third-order valence-corrected chi connectivity index (χ3v) is 3.93. The van der Waals surface area contributed by atoms with Crippen LogP contribution in [0.4, 0.5) is 11.4 Å². The Balaban J connectivity index is 1.82. The van der Waals surface area contributed by atoms with Crippen LogP contribution < -0.4 is 16.0 Å². The molecule has 0 aliphatic heterocycles. The van der Waals surface area contributed by atoms with Crippen LogP contribution in [0.25, 0.3) is 0 Å². The molecule has 1 aliphatic rings. The fraction of sp³-hybridized carbons (Fsp3) is 0.562. The van der Waals surface area contributed by atoms with Crippen molar-refractivity contribution in [1.29, 1.82) is 0 Å². The third-order valence-electron chi connectivity index (χ3n) is 3.93. The van der Waals surface area contributed by atoms with Gasteiger partial charge in [-0.2, -0.15) is 0 Å². The van der Waals surface area contributed by atoms with E-state index in [1.807, 2.05) is 36.2 Å². The Morgan fingerprint density at radius 3 is 2.40 bits per heavy atom. The Bertz CT molecular complexity index is 422. The molecular formula is C16H25N3O. The molecule has 0 radical (unpaired) electrons. The van der Waals surface area contributed by atoms with Crippen molar-refractivity contribution in [1.82, 2.24) is 5.32 Å². The van der Waals surface area contributed by atoms with Crippen molar-refractivity contribution in [2.45, 2.75) is 44.6 Å². The molecule has 0 bridgehead atoms. The van der Waals surface area contributed by atoms with Crippen LogP contribution in [0.15, 0.2) is 24.3 Å². The SMILES string of the molecule is CN(CC(=O)NC1CCCCCC1)c1ccc(N)cc1. The van der Waals surface area contributed by atoms with Gasteiger partial charge in [-0.15, -0.1) is 0 Å². The summed E-state index contributed by atoms with van der Waals surface area (Å²) in [6.07, 6.45) is 7.32. The molecule has 1 fully saturated rings. The zero-order valence-corrected chi connectivity index (χ0v) is 12.3. The highest BCUT2D eigenvalue weighted by Gasteiger charge is 2.15. The maximum Gasteiger partial charge on any atom is 0.239 e. The number of carbonyl (C=O) groups excluding carboxylic acids is 1. The van der Waals surface area contributed by atoms with Gasteiger partial charge in [0, 0.05) is 24.5 Å². The lowest BCUT2D eigenvalue weighted by molar-refractivity contribution is -0.120. The van der Waals surface area contributed by atoms with E-state index in [-0.39, 0.29) is 5.91 Å². The summed E-state index contributed by atoms with van der Waals surface area (Å²) in [4.78, 5) is 14.0. The van der Waals surface area contributed by atoms with Crippen molar-refractivity contribution in [2.24, 2.45) is 0 Å². The summed E-state index contributed by atoms with van der Waals surface area (Å²) in [5.74, 6) is 0.108. The maximum atomic E-state index is 12.1. The molecule has 1 aliphatic carbocycles. The summed E-state index contributed by atoms with van der Waals surface area (Å²) < 4.78 is 0. The number of likely N-dealkylation sites (N-methyl/N-ethyl adjacent to an activating group) is 1. The second-order valence-electron chi connectivity index (χ2n) is 5.70. The number of rotatable bonds is 4. The number of nitrogens with zero attached hydrogens (tertiary/aromatic N) is 1. The van der Waals surface area contributed by atoms with Crippen LogP contribution in [0.5, 0.6) is 0 Å². The number of anilines is 2. The van der Waals surface area contributed by atoms with Gasteiger partial charge in [-0.25, -0.2) is 0 Å². The average Bonchev–Trinajstić information content (AvgIpc) is 2.68. The molecule has 1 amide bonds. The first-order valence-electron chi connectivity index (χ1n) is 7.51. The van der Waals surface area contributed by atoms with E-state index in [4.69, 9.17) is 5.73 Å². The van der Waals surface area contributed by atoms with Crippen LogP contribution in [0.1, 0.15) is 38.5 Å². The van der Waals surface area contributed by atoms with E-state index >= 15 is 0 Å². The van der Waals surface area contributed by atoms with Crippen molar-refractivity contribution in [3.63, 3.8) is 0 Å². The maximum absolute atomic E-state index is 12.1. The number of hydrogen-bond acceptors (Lipinski definition) is 3. The Labute approximate surface area is 121 Å². The number of nitrogen functional groups attached to an aromatic ring is 1. The molecule has 3 N–H and O–H groups in total. The fourth-order valence-corrected chi connectivity index (χ4v) is 2.73. The summed E-state index contributed by atoms with van der Waals surface area (Å²) in [5.41, 5.74) is 7.42. The van der Waals surface area contributed by atoms with E-state index in [0.717, 1.165) is 24.2 Å². The minimum atomic E-state index is 0.108. The van der Waals surface area contributed by atoms with Crippen LogP contribution in [-0.2, 0) is 4.79 Å². The fourth-order valence-electron chi connectivity index (χ4n) is 2.73. The van der Waals surface area contributed by atoms with Crippen LogP contribution in [0, 0.1) is 0 Å². The van der Waals surface area contributed by atoms with Crippen molar-refractivity contribution in [3.8, 4) is 0 Å². The molecule has 20 heavy (non-hydrogen) atoms. The number of carbonyl (C=O) groups is 1. The van der Waals surface area contributed by atoms with E-state index in [2.05, 4.69) is 5.32 Å². The zero-order valence-electron chi connectivity index (χ0n) is 12.3. The molecule has 110 valence electrons. The van der Waals surface area contributed by atoms with Gasteiger partial charge in [-0.1, -0.05) is 25.7 Å². The largest absolute Gasteiger partial charge is 0.399 e. The molecular weight excluding hydrogens is 250 g/mol. The highest BCUT2D eigenvalue weighted by atomic mass is 16.2. The van der Waals surface area contributed by atoms with Gasteiger partial charge in [0.1, 0.15) is 0 Å². The van der Waals surface area contributed by atoms with E-state index in [1.54, 1.807) is 0 Å². The molecule has 0 aromatic heterocycles. The Morgan fingerprint density at radius 1 is 1.20 bits per heavy atom. The normalized spacial score (nSPS) is 16.4. The smallest absolute Gasteiger partial charge is 0.239 e. The Kier molecular flexibility index (Phi) is 5.27. The summed E-state index contributed by atoms with van der Waals surface area (Å²) in [6, 6.07) is 7.96. The molecule has 1 aromatic rings. The first-order valence-corrected chi connectivity index (χ1v) is 7.51. The lowest BCUT2D eigenvalue weighted by Gasteiger charge is -2.22. The molecule has 2 rings (SSSR count). The van der Waals surface area contributed by atoms with Gasteiger partial charge in [-0.05, 0) is 37.1 Å². The van der Waals surface area contributed by atoms with Crippen molar-refractivity contribution in [3.05, 3.63) is 24.3 Å². The van der Waals surface area contributed by atoms with E-state index in [9.17, 15) is 4.79 Å². The molecule has 0 saturated heterocycles. The van der Waals surface area contributed by atoms with Gasteiger partial charge in [0.05, 0.1) is 6.54 Å². The van der Waals surface area contributed by atoms with Gasteiger partial charge in [0.25, 0.3) is 0 Å². The second kappa shape index (κ2) is 7.17. The molecule has 0 atom stereocenters. The molecule has 0 unspecified atom stereocenters. The zero-order chi connectivity index (χ0) is 14.4. The molecule has 1 saturated carbocycles. The minimum Gasteiger partial charge on any atom is -0.399 e. The van der Waals surface area contributed by atoms with Crippen LogP contribution in [-0.4, -0.2) is 25.5 Å². The molecule has 4 nitrogen and oxygen atoms in total. The predicted molar refractivity (Wildman–Crippen MR) is 83.8 cm³/mol. The monoisotopic (exact) mass is 275 g/mol. The van der Waals surface area contributed by atoms with Crippen molar-refractivity contribution < 1.29 is 4.79 Å². The van der Waals surface area contributed by atoms with E-state index in [0.29, 0.717) is 12.6 Å². The van der Waals surface area contributed by atoms with Gasteiger partial charge in [-0.3, -0.25) is 4.79 Å². The number of nitrogens with two attached hydrogens (primary N) is 1. The van der Waals surface area contributed by atoms with Gasteiger partial charge in [0.2, 0.25) is 5.91 Å². The van der Waals surface area contributed by atoms with Gasteiger partial charge in [0.15, 0.2) is 0 Å². The first-order chi connectivity index (χ1) is 9.65. The molecule has 1 aromatic carbocycles. The van der Waals surface area contributed by atoms with Gasteiger partial charge >= 0.3 is 0 Å². The predicted octanol–water partition coefficient (Wildman–Crippen LogP) is 2.54. The van der Waals surface area contributed by atoms with Crippen LogP contribution in [0.3, 0.4) is 0 Å². The Hall–Kier alpha value is -1.71. The second-order valence-corrected chi connectivity index (χ2v) is 5.70. The number of hydrogen-bond donors (Lipinski definition) is 2. The highest BCUT2D eigenvalue weighted by molar-refractivity contribution is 5.81. The number of amides is 1. The minimum absolute atomic E-state index is 0.108. The lowest BCUT2D eigenvalue weighted by atomic mass is 10.1. The molecule has 0 heterocycles. The molecule has 4 heteroatoms. The van der Waals surface area contributed by atoms with Crippen molar-refractivity contribution >= 4 is 17.3 Å². The topological polar surface area (TPSA) is 58.4 Å². The number of benzene rings is 1. The lowest BCUT2D eigenvalue weighted by Crippen LogP contribution is -2.40. The highest BCUT2D eigenvalue weighted by Crippen LogP contribution is 2.17. The van der Waals surface area contributed by atoms with Gasteiger partial charge < -0.3 is 16.0 Å². The van der Waals surface area contributed by atoms with E-state index in [1.165, 1.54) is 25.7 Å². The number of nitrogens with one attached hydrogen (secondary N) is 1. The van der Waals surface area contributed by atoms with E-state index < -0.39 is 0 Å². The average molecular weight is 275 g/mol. The summed E-state index contributed by atoms with van der Waals surface area (Å²) in [7, 11) is 1.93.